The Balaban J connectivity index is 0.000000455. The van der Waals surface area contributed by atoms with Crippen molar-refractivity contribution in [2.45, 2.75) is 49.4 Å². The van der Waals surface area contributed by atoms with Gasteiger partial charge < -0.3 is 9.15 Å². The lowest BCUT2D eigenvalue weighted by Gasteiger charge is -2.46. The smallest absolute Gasteiger partial charge is 0.416 e. The van der Waals surface area contributed by atoms with Crippen LogP contribution in [-0.2, 0) is 63.6 Å². The fraction of sp³-hybridized carbons (Fsp3) is 0.261. The van der Waals surface area contributed by atoms with Crippen molar-refractivity contribution in [3.63, 3.8) is 0 Å². The molecule has 0 amide bonds. The minimum absolute atomic E-state index is 0.0703. The Kier molecular flexibility index (Phi) is 16.1. The lowest BCUT2D eigenvalue weighted by atomic mass is 9.12. The number of carbonyl (C=O) groups excluding carboxylic acids is 1. The first-order chi connectivity index (χ1) is 34.6. The lowest BCUT2D eigenvalue weighted by molar-refractivity contribution is -0.144. The molecule has 1 heterocycles. The number of benzene rings is 5. The highest BCUT2D eigenvalue weighted by atomic mass is 32.2. The van der Waals surface area contributed by atoms with Gasteiger partial charge in [-0.3, -0.25) is 4.79 Å². The van der Waals surface area contributed by atoms with Gasteiger partial charge in [0.2, 0.25) is 5.78 Å². The number of methoxy groups -OCH3 is 1. The van der Waals surface area contributed by atoms with Crippen molar-refractivity contribution < 1.29 is 124 Å². The molecule has 0 aliphatic rings. The molecule has 0 N–H and O–H groups in total. The Labute approximate surface area is 415 Å². The van der Waals surface area contributed by atoms with Crippen LogP contribution in [0.15, 0.2) is 106 Å². The molecule has 0 unspecified atom stereocenters. The first-order valence-electron chi connectivity index (χ1n) is 20.5. The highest BCUT2D eigenvalue weighted by molar-refractivity contribution is 8.02. The van der Waals surface area contributed by atoms with E-state index >= 15 is 0 Å². The molecule has 31 heteroatoms. The second-order valence-electron chi connectivity index (χ2n) is 17.1. The summed E-state index contributed by atoms with van der Waals surface area (Å²) in [6.07, 6.45) is -51.8. The Morgan fingerprint density at radius 3 is 0.922 bits per heavy atom. The van der Waals surface area contributed by atoms with Gasteiger partial charge >= 0.3 is 55.0 Å². The summed E-state index contributed by atoms with van der Waals surface area (Å²) in [5.41, 5.74) is -30.7. The Bertz CT molecular complexity index is 2880. The molecule has 0 saturated carbocycles. The largest absolute Gasteiger partial charge is 0.497 e. The molecular weight excluding hydrogens is 1130 g/mol. The van der Waals surface area contributed by atoms with E-state index in [-0.39, 0.29) is 11.3 Å². The Hall–Kier alpha value is -6.69. The first kappa shape index (κ1) is 61.2. The summed E-state index contributed by atoms with van der Waals surface area (Å²) in [5.74, 6) is -0.0734. The van der Waals surface area contributed by atoms with Gasteiger partial charge in [-0.15, -0.1) is 4.21 Å². The number of rotatable bonds is 8. The van der Waals surface area contributed by atoms with Crippen molar-refractivity contribution in [1.29, 1.82) is 0 Å². The molecule has 418 valence electrons. The van der Waals surface area contributed by atoms with Crippen molar-refractivity contribution in [3.8, 4) is 5.75 Å². The van der Waals surface area contributed by atoms with E-state index in [1.165, 1.54) is 25.7 Å². The van der Waals surface area contributed by atoms with Gasteiger partial charge in [-0.2, -0.15) is 127 Å². The van der Waals surface area contributed by atoms with E-state index in [2.05, 4.69) is 0 Å². The van der Waals surface area contributed by atoms with Gasteiger partial charge in [0.05, 0.1) is 61.6 Å². The van der Waals surface area contributed by atoms with Crippen LogP contribution in [0, 0.1) is 0 Å². The monoisotopic (exact) mass is 1160 g/mol. The number of alkyl halides is 24. The zero-order chi connectivity index (χ0) is 58.8. The van der Waals surface area contributed by atoms with E-state index in [1.807, 2.05) is 0 Å². The number of carbonyl (C=O) groups is 1. The van der Waals surface area contributed by atoms with Crippen LogP contribution in [0.1, 0.15) is 54.9 Å². The lowest BCUT2D eigenvalue weighted by Crippen LogP contribution is -2.75. The predicted octanol–water partition coefficient (Wildman–Crippen LogP) is 13.0. The maximum atomic E-state index is 14.2. The second-order valence-corrected chi connectivity index (χ2v) is 20.2. The Morgan fingerprint density at radius 2 is 0.701 bits per heavy atom. The van der Waals surface area contributed by atoms with Gasteiger partial charge in [-0.05, 0) is 42.5 Å². The molecular formula is C46H27BF24O5S. The van der Waals surface area contributed by atoms with Crippen molar-refractivity contribution >= 4 is 54.7 Å². The molecule has 0 bridgehead atoms. The number of Topliss-reactive ketones (excluding diaryl/α,β-unsaturated/α-hetero) is 1. The van der Waals surface area contributed by atoms with E-state index < -0.39 is 216 Å². The van der Waals surface area contributed by atoms with Crippen LogP contribution in [0.5, 0.6) is 5.75 Å². The summed E-state index contributed by atoms with van der Waals surface area (Å²) in [7, 11) is -0.742. The Morgan fingerprint density at radius 1 is 0.442 bits per heavy atom. The third-order valence-electron chi connectivity index (χ3n) is 11.2. The molecule has 0 aliphatic carbocycles. The van der Waals surface area contributed by atoms with Crippen molar-refractivity contribution in [3.05, 3.63) is 158 Å². The average Bonchev–Trinajstić information content (AvgIpc) is 3.25. The molecule has 1 aromatic heterocycles. The standard InChI is InChI=1S/C32H12BF24.C14H15O5S/c34-25(35,36)13-1-14(26(37,38)39)6-21(5-13)33(22-7-15(27(40,41)42)2-16(8-22)28(43,44)45,23-9-17(29(46,47)48)3-18(10-23)30(49,50)51)24-11-19(31(52,53)54)4-20(12-24)32(55,56)57;1-18-10-5-4-9-6-11(12(15)8-20(2,3)17)14(16)19-13(9)7-10/h1-12H;4-7H,8H2,1-3H3/q-1;+1. The third kappa shape index (κ3) is 14.1. The first-order valence-corrected chi connectivity index (χ1v) is 23.0. The van der Waals surface area contributed by atoms with Crippen LogP contribution < -0.4 is 32.2 Å². The SMILES string of the molecule is COc1ccc2cc(C(=O)C[S+](C)(C)=O)c(=O)oc2c1.FC(F)(F)c1cc([B-](c2cc(C(F)(F)F)cc(C(F)(F)F)c2)(c2cc(C(F)(F)F)cc(C(F)(F)F)c2)c2cc(C(F)(F)F)cc(C(F)(F)F)c2)cc(C(F)(F)F)c1. The molecule has 6 rings (SSSR count). The van der Waals surface area contributed by atoms with Crippen LogP contribution in [0.4, 0.5) is 105 Å². The minimum Gasteiger partial charge on any atom is -0.497 e. The van der Waals surface area contributed by atoms with Gasteiger partial charge in [0, 0.05) is 11.5 Å². The molecule has 0 radical (unpaired) electrons. The maximum Gasteiger partial charge on any atom is 0.416 e. The minimum atomic E-state index is -6.13. The van der Waals surface area contributed by atoms with Crippen LogP contribution >= 0.6 is 0 Å². The molecule has 0 aliphatic heterocycles. The number of hydrogen-bond acceptors (Lipinski definition) is 5. The summed E-state index contributed by atoms with van der Waals surface area (Å²) in [4.78, 5) is 23.8. The number of ether oxygens (including phenoxy) is 1. The van der Waals surface area contributed by atoms with E-state index in [1.54, 1.807) is 18.2 Å². The van der Waals surface area contributed by atoms with Crippen LogP contribution in [-0.4, -0.2) is 37.3 Å². The molecule has 6 aromatic rings. The fourth-order valence-electron chi connectivity index (χ4n) is 7.88. The van der Waals surface area contributed by atoms with Crippen LogP contribution in [0.25, 0.3) is 11.0 Å². The summed E-state index contributed by atoms with van der Waals surface area (Å²) in [5, 5.41) is 0.618. The van der Waals surface area contributed by atoms with Crippen LogP contribution in [0.2, 0.25) is 0 Å². The summed E-state index contributed by atoms with van der Waals surface area (Å²) >= 11 is 0. The van der Waals surface area contributed by atoms with Gasteiger partial charge in [-0.1, -0.05) is 48.5 Å². The normalized spacial score (nSPS) is 13.6. The van der Waals surface area contributed by atoms with Crippen molar-refractivity contribution in [2.75, 3.05) is 25.4 Å². The van der Waals surface area contributed by atoms with Crippen molar-refractivity contribution in [1.82, 2.24) is 0 Å². The number of hydrogen-bond donors (Lipinski definition) is 0. The fourth-order valence-corrected chi connectivity index (χ4v) is 8.66. The van der Waals surface area contributed by atoms with E-state index in [4.69, 9.17) is 9.15 Å². The van der Waals surface area contributed by atoms with E-state index in [0.29, 0.717) is 16.7 Å². The molecule has 0 saturated heterocycles. The predicted molar refractivity (Wildman–Crippen MR) is 228 cm³/mol. The highest BCUT2D eigenvalue weighted by Crippen LogP contribution is 2.41. The maximum absolute atomic E-state index is 14.2. The summed E-state index contributed by atoms with van der Waals surface area (Å²) < 4.78 is 363. The molecule has 5 nitrogen and oxygen atoms in total. The molecule has 0 spiro atoms. The highest BCUT2D eigenvalue weighted by Gasteiger charge is 2.47. The van der Waals surface area contributed by atoms with Crippen LogP contribution in [0.3, 0.4) is 0 Å². The van der Waals surface area contributed by atoms with Crippen molar-refractivity contribution in [2.24, 2.45) is 0 Å². The van der Waals surface area contributed by atoms with Gasteiger partial charge in [0.1, 0.15) is 35.6 Å². The van der Waals surface area contributed by atoms with Gasteiger partial charge in [0.15, 0.2) is 5.75 Å². The molecule has 0 fully saturated rings. The second kappa shape index (κ2) is 20.3. The van der Waals surface area contributed by atoms with E-state index in [0.717, 1.165) is 0 Å². The molecule has 0 atom stereocenters. The van der Waals surface area contributed by atoms with Gasteiger partial charge in [0.25, 0.3) is 0 Å². The quantitative estimate of drug-likeness (QED) is 0.0499. The molecule has 5 aromatic carbocycles. The van der Waals surface area contributed by atoms with E-state index in [9.17, 15) is 119 Å². The topological polar surface area (TPSA) is 73.6 Å². The third-order valence-corrected chi connectivity index (χ3v) is 12.1. The number of fused-ring (bicyclic) bond motifs is 1. The summed E-state index contributed by atoms with van der Waals surface area (Å²) in [6, 6.07) is -2.36. The number of halogens is 24. The molecule has 77 heavy (non-hydrogen) atoms. The number of ketones is 1. The zero-order valence-corrected chi connectivity index (χ0v) is 38.9. The average molecular weight is 1160 g/mol. The van der Waals surface area contributed by atoms with Gasteiger partial charge in [-0.25, -0.2) is 4.79 Å². The zero-order valence-electron chi connectivity index (χ0n) is 38.0. The summed E-state index contributed by atoms with van der Waals surface area (Å²) in [6.45, 7) is 0.